The third-order valence-electron chi connectivity index (χ3n) is 0. The summed E-state index contributed by atoms with van der Waals surface area (Å²) in [5, 5.41) is 3.78. The predicted octanol–water partition coefficient (Wildman–Crippen LogP) is -0.717. The SMILES string of the molecule is [2H]OC(C)N. The molecule has 0 aromatic carbocycles. The van der Waals surface area contributed by atoms with Crippen LogP contribution in [0.2, 0.25) is 0 Å². The first-order valence-corrected chi connectivity index (χ1v) is 1.15. The Morgan fingerprint density at radius 3 is 2.75 bits per heavy atom. The molecule has 0 bridgehead atoms. The van der Waals surface area contributed by atoms with E-state index in [1.54, 1.807) is 6.92 Å². The summed E-state index contributed by atoms with van der Waals surface area (Å²) in [7, 11) is 0. The average molecular weight is 62.1 g/mol. The van der Waals surface area contributed by atoms with Crippen LogP contribution in [0.3, 0.4) is 0 Å². The smallest absolute Gasteiger partial charge is 0.212 e. The summed E-state index contributed by atoms with van der Waals surface area (Å²) in [5.41, 5.74) is 4.88. The molecule has 0 aliphatic carbocycles. The Morgan fingerprint density at radius 2 is 2.75 bits per heavy atom. The molecule has 0 rings (SSSR count). The van der Waals surface area contributed by atoms with Crippen molar-refractivity contribution in [1.29, 1.82) is 1.43 Å². The van der Waals surface area contributed by atoms with E-state index in [1.807, 2.05) is 0 Å². The van der Waals surface area contributed by atoms with Gasteiger partial charge in [-0.1, -0.05) is 0 Å². The summed E-state index contributed by atoms with van der Waals surface area (Å²) in [6.45, 7) is 1.59. The molecule has 1 unspecified atom stereocenters. The van der Waals surface area contributed by atoms with Gasteiger partial charge in [0, 0.05) is 0 Å². The van der Waals surface area contributed by atoms with Gasteiger partial charge in [0.1, 0.15) is 0 Å². The van der Waals surface area contributed by atoms with Crippen LogP contribution >= 0.6 is 0 Å². The first kappa shape index (κ1) is 2.18. The molecule has 0 aliphatic heterocycles. The Bertz CT molecular complexity index is 23.6. The largest absolute Gasteiger partial charge is 0.379 e. The van der Waals surface area contributed by atoms with Crippen molar-refractivity contribution >= 4 is 0 Å². The van der Waals surface area contributed by atoms with Gasteiger partial charge in [0.2, 0.25) is 1.43 Å². The van der Waals surface area contributed by atoms with Crippen LogP contribution in [-0.2, 0) is 0 Å². The van der Waals surface area contributed by atoms with Gasteiger partial charge in [-0.25, -0.2) is 0 Å². The van der Waals surface area contributed by atoms with Gasteiger partial charge in [-0.15, -0.1) is 0 Å². The minimum absolute atomic E-state index is 0.449. The molecular weight excluding hydrogens is 54.0 g/mol. The monoisotopic (exact) mass is 62.1 g/mol. The van der Waals surface area contributed by atoms with Crippen molar-refractivity contribution in [2.75, 3.05) is 0 Å². The molecule has 0 spiro atoms. The first-order valence-electron chi connectivity index (χ1n) is 1.55. The van der Waals surface area contributed by atoms with Gasteiger partial charge in [-0.3, -0.25) is 0 Å². The molecule has 0 fully saturated rings. The van der Waals surface area contributed by atoms with Crippen molar-refractivity contribution in [2.24, 2.45) is 5.73 Å². The Hall–Kier alpha value is -0.0800. The lowest BCUT2D eigenvalue weighted by molar-refractivity contribution is 0.203. The normalized spacial score (nSPS) is 19.0. The maximum atomic E-state index is 6.03. The minimum atomic E-state index is -0.449. The van der Waals surface area contributed by atoms with E-state index in [1.165, 1.54) is 0 Å². The second kappa shape index (κ2) is 1.26. The summed E-state index contributed by atoms with van der Waals surface area (Å²) in [5.74, 6) is 0. The fourth-order valence-electron chi connectivity index (χ4n) is 0. The summed E-state index contributed by atoms with van der Waals surface area (Å²) >= 11 is 0. The average Bonchev–Trinajstić information content (AvgIpc) is 1.38. The number of hydrogen-bond donors (Lipinski definition) is 2. The zero-order chi connectivity index (χ0) is 4.28. The fourth-order valence-corrected chi connectivity index (χ4v) is 0. The standard InChI is InChI=1S/C2H7NO/c1-2(3)4/h2,4H,3H2,1H3/i4D. The van der Waals surface area contributed by atoms with E-state index >= 15 is 0 Å². The molecule has 1 atom stereocenters. The van der Waals surface area contributed by atoms with Crippen molar-refractivity contribution in [3.8, 4) is 0 Å². The zero-order valence-electron chi connectivity index (χ0n) is 3.56. The van der Waals surface area contributed by atoms with Gasteiger partial charge in [0.05, 0.1) is 6.23 Å². The Balaban J connectivity index is 2.54. The van der Waals surface area contributed by atoms with Crippen LogP contribution in [0.5, 0.6) is 0 Å². The van der Waals surface area contributed by atoms with Gasteiger partial charge in [0.25, 0.3) is 0 Å². The lowest BCUT2D eigenvalue weighted by Crippen LogP contribution is -2.11. The molecule has 0 aromatic rings. The molecule has 26 valence electrons. The minimum Gasteiger partial charge on any atom is -0.379 e. The van der Waals surface area contributed by atoms with Crippen LogP contribution in [0.15, 0.2) is 0 Å². The topological polar surface area (TPSA) is 46.2 Å². The van der Waals surface area contributed by atoms with Gasteiger partial charge in [-0.2, -0.15) is 0 Å². The van der Waals surface area contributed by atoms with Crippen LogP contribution in [0.25, 0.3) is 0 Å². The second-order valence-corrected chi connectivity index (χ2v) is 0.705. The summed E-state index contributed by atoms with van der Waals surface area (Å²) in [6, 6.07) is 0. The molecule has 0 saturated heterocycles. The lowest BCUT2D eigenvalue weighted by atomic mass is 10.7. The van der Waals surface area contributed by atoms with E-state index in [-0.39, 0.29) is 0 Å². The molecule has 0 aromatic heterocycles. The molecule has 0 saturated carbocycles. The van der Waals surface area contributed by atoms with Crippen molar-refractivity contribution in [3.05, 3.63) is 0 Å². The van der Waals surface area contributed by atoms with Crippen LogP contribution < -0.4 is 5.73 Å². The highest BCUT2D eigenvalue weighted by atomic mass is 16.3. The highest BCUT2D eigenvalue weighted by Crippen LogP contribution is 1.50. The number of aliphatic hydroxyl groups is 1. The van der Waals surface area contributed by atoms with Crippen molar-refractivity contribution in [3.63, 3.8) is 0 Å². The maximum Gasteiger partial charge on any atom is 0.212 e. The van der Waals surface area contributed by atoms with Crippen LogP contribution in [0, 0.1) is 0 Å². The third-order valence-corrected chi connectivity index (χ3v) is 0. The van der Waals surface area contributed by atoms with Crippen LogP contribution in [0.4, 0.5) is 0 Å². The molecule has 0 heterocycles. The number of nitrogens with two attached hydrogens (primary N) is 1. The van der Waals surface area contributed by atoms with Crippen LogP contribution in [-0.4, -0.2) is 12.8 Å². The number of rotatable bonds is 1. The number of hydrogen-bond acceptors (Lipinski definition) is 2. The van der Waals surface area contributed by atoms with Crippen molar-refractivity contribution in [2.45, 2.75) is 13.2 Å². The Morgan fingerprint density at radius 1 is 2.50 bits per heavy atom. The Labute approximate surface area is 26.7 Å². The van der Waals surface area contributed by atoms with E-state index in [9.17, 15) is 0 Å². The van der Waals surface area contributed by atoms with Gasteiger partial charge < -0.3 is 10.8 Å². The summed E-state index contributed by atoms with van der Waals surface area (Å²) in [4.78, 5) is 0. The predicted molar refractivity (Wildman–Crippen MR) is 15.9 cm³/mol. The van der Waals surface area contributed by atoms with Gasteiger partial charge in [-0.05, 0) is 6.92 Å². The van der Waals surface area contributed by atoms with Crippen LogP contribution in [0.1, 0.15) is 6.92 Å². The molecule has 3 N–H and O–H groups in total. The number of aliphatic hydroxyl groups excluding tert-OH is 1. The molecule has 0 aliphatic rings. The molecule has 2 nitrogen and oxygen atoms in total. The molecule has 2 heteroatoms. The van der Waals surface area contributed by atoms with E-state index < -0.39 is 6.23 Å². The van der Waals surface area contributed by atoms with Gasteiger partial charge >= 0.3 is 0 Å². The van der Waals surface area contributed by atoms with E-state index in [0.717, 1.165) is 0 Å². The molecule has 0 radical (unpaired) electrons. The lowest BCUT2D eigenvalue weighted by Gasteiger charge is -1.82. The van der Waals surface area contributed by atoms with Crippen molar-refractivity contribution in [1.82, 2.24) is 0 Å². The molecule has 0 amide bonds. The maximum absolute atomic E-state index is 6.03. The van der Waals surface area contributed by atoms with Crippen molar-refractivity contribution < 1.29 is 5.11 Å². The highest BCUT2D eigenvalue weighted by molar-refractivity contribution is 4.16. The van der Waals surface area contributed by atoms with E-state index in [4.69, 9.17) is 7.16 Å². The second-order valence-electron chi connectivity index (χ2n) is 0.705. The quantitative estimate of drug-likeness (QED) is 0.394. The van der Waals surface area contributed by atoms with Gasteiger partial charge in [0.15, 0.2) is 0 Å². The zero-order valence-corrected chi connectivity index (χ0v) is 2.56. The Kier molecular flexibility index (Phi) is 0.686. The third kappa shape index (κ3) is 254. The fraction of sp³-hybridized carbons (Fsp3) is 1.00. The molecular formula is C2H7NO. The van der Waals surface area contributed by atoms with E-state index in [0.29, 0.717) is 0 Å². The highest BCUT2D eigenvalue weighted by Gasteiger charge is 1.68. The summed E-state index contributed by atoms with van der Waals surface area (Å²) in [6.07, 6.45) is -0.449. The van der Waals surface area contributed by atoms with E-state index in [2.05, 4.69) is 5.11 Å². The molecule has 4 heavy (non-hydrogen) atoms. The summed E-state index contributed by atoms with van der Waals surface area (Å²) < 4.78 is 6.03. The first-order chi connectivity index (χ1) is 2.27.